The van der Waals surface area contributed by atoms with Gasteiger partial charge in [-0.1, -0.05) is 45.0 Å². The molecule has 0 amide bonds. The number of hydrogen-bond acceptors (Lipinski definition) is 5. The lowest BCUT2D eigenvalue weighted by atomic mass is 9.62. The van der Waals surface area contributed by atoms with Crippen molar-refractivity contribution in [1.29, 1.82) is 0 Å². The number of nitrogens with zero attached hydrogens (tertiary/aromatic N) is 3. The lowest BCUT2D eigenvalue weighted by molar-refractivity contribution is -0.127. The van der Waals surface area contributed by atoms with Crippen LogP contribution in [0.25, 0.3) is 0 Å². The van der Waals surface area contributed by atoms with Gasteiger partial charge < -0.3 is 14.9 Å². The molecule has 1 N–H and O–H groups in total. The molecule has 0 radical (unpaired) electrons. The van der Waals surface area contributed by atoms with Gasteiger partial charge in [-0.3, -0.25) is 9.78 Å². The highest BCUT2D eigenvalue weighted by atomic mass is 16.3. The number of ketones is 1. The summed E-state index contributed by atoms with van der Waals surface area (Å²) in [6.45, 7) is 11.4. The molecule has 1 aromatic heterocycles. The molecule has 2 atom stereocenters. The van der Waals surface area contributed by atoms with Crippen LogP contribution >= 0.6 is 0 Å². The van der Waals surface area contributed by atoms with Crippen molar-refractivity contribution in [2.75, 3.05) is 38.1 Å². The molecule has 166 valence electrons. The zero-order valence-electron chi connectivity index (χ0n) is 19.4. The molecule has 2 saturated heterocycles. The number of likely N-dealkylation sites (tertiary alicyclic amines) is 1. The molecule has 4 rings (SSSR count). The van der Waals surface area contributed by atoms with E-state index < -0.39 is 5.60 Å². The second kappa shape index (κ2) is 8.03. The quantitative estimate of drug-likeness (QED) is 0.769. The van der Waals surface area contributed by atoms with Crippen molar-refractivity contribution in [3.05, 3.63) is 59.4 Å². The number of carbonyl (C=O) groups excluding carboxylic acids is 1. The highest BCUT2D eigenvalue weighted by Crippen LogP contribution is 2.50. The van der Waals surface area contributed by atoms with Crippen LogP contribution in [0, 0.1) is 11.3 Å². The molecule has 0 aliphatic carbocycles. The second-order valence-electron chi connectivity index (χ2n) is 10.2. The van der Waals surface area contributed by atoms with E-state index in [-0.39, 0.29) is 17.1 Å². The van der Waals surface area contributed by atoms with Crippen molar-refractivity contribution in [1.82, 2.24) is 9.88 Å². The molecule has 31 heavy (non-hydrogen) atoms. The maximum Gasteiger partial charge on any atom is 0.134 e. The number of rotatable bonds is 6. The van der Waals surface area contributed by atoms with E-state index in [9.17, 15) is 9.90 Å². The van der Waals surface area contributed by atoms with Crippen molar-refractivity contribution >= 4 is 11.5 Å². The lowest BCUT2D eigenvalue weighted by Gasteiger charge is -2.56. The summed E-state index contributed by atoms with van der Waals surface area (Å²) < 4.78 is 0. The van der Waals surface area contributed by atoms with Crippen molar-refractivity contribution in [2.24, 2.45) is 11.3 Å². The number of Topliss-reactive ketones (excluding diaryl/α,β-unsaturated/α-hetero) is 1. The number of pyridine rings is 1. The fraction of sp³-hybridized carbons (Fsp3) is 0.538. The van der Waals surface area contributed by atoms with Gasteiger partial charge in [0.05, 0.1) is 11.9 Å². The Morgan fingerprint density at radius 2 is 1.87 bits per heavy atom. The van der Waals surface area contributed by atoms with E-state index in [0.717, 1.165) is 49.4 Å². The number of aliphatic hydroxyl groups is 1. The van der Waals surface area contributed by atoms with Crippen LogP contribution in [-0.2, 0) is 10.4 Å². The first-order valence-corrected chi connectivity index (χ1v) is 11.4. The van der Waals surface area contributed by atoms with Gasteiger partial charge in [0, 0.05) is 49.3 Å². The minimum atomic E-state index is -1.14. The van der Waals surface area contributed by atoms with Gasteiger partial charge in [-0.05, 0) is 43.5 Å². The highest BCUT2D eigenvalue weighted by Gasteiger charge is 2.55. The Bertz CT molecular complexity index is 949. The number of carbonyl (C=O) groups is 1. The molecule has 2 aliphatic rings. The summed E-state index contributed by atoms with van der Waals surface area (Å²) >= 11 is 0. The van der Waals surface area contributed by atoms with Crippen molar-refractivity contribution in [2.45, 2.75) is 45.6 Å². The molecule has 2 aromatic rings. The Hall–Kier alpha value is -2.24. The van der Waals surface area contributed by atoms with Crippen LogP contribution in [0.5, 0.6) is 0 Å². The Balaban J connectivity index is 1.74. The van der Waals surface area contributed by atoms with Gasteiger partial charge in [0.15, 0.2) is 0 Å². The molecule has 2 aliphatic heterocycles. The van der Waals surface area contributed by atoms with Crippen LogP contribution in [0.15, 0.2) is 42.7 Å². The van der Waals surface area contributed by atoms with E-state index in [1.54, 1.807) is 6.92 Å². The van der Waals surface area contributed by atoms with E-state index in [1.165, 1.54) is 5.56 Å². The predicted octanol–water partition coefficient (Wildman–Crippen LogP) is 3.81. The maximum absolute atomic E-state index is 12.3. The molecular formula is C26H35N3O2. The third-order valence-corrected chi connectivity index (χ3v) is 7.38. The maximum atomic E-state index is 12.3. The van der Waals surface area contributed by atoms with Crippen LogP contribution in [0.2, 0.25) is 0 Å². The Kier molecular flexibility index (Phi) is 5.69. The molecule has 5 heteroatoms. The summed E-state index contributed by atoms with van der Waals surface area (Å²) in [4.78, 5) is 20.8. The van der Waals surface area contributed by atoms with Gasteiger partial charge in [-0.15, -0.1) is 0 Å². The van der Waals surface area contributed by atoms with Crippen molar-refractivity contribution < 1.29 is 9.90 Å². The lowest BCUT2D eigenvalue weighted by Crippen LogP contribution is -2.63. The Morgan fingerprint density at radius 1 is 1.19 bits per heavy atom. The first-order valence-electron chi connectivity index (χ1n) is 11.4. The van der Waals surface area contributed by atoms with Crippen molar-refractivity contribution in [3.8, 4) is 0 Å². The summed E-state index contributed by atoms with van der Waals surface area (Å²) in [5, 5.41) is 12.3. The number of anilines is 1. The third-order valence-electron chi connectivity index (χ3n) is 7.38. The van der Waals surface area contributed by atoms with E-state index >= 15 is 0 Å². The largest absolute Gasteiger partial charge is 0.380 e. The summed E-state index contributed by atoms with van der Waals surface area (Å²) in [5.74, 6) is 0.782. The molecular weight excluding hydrogens is 386 g/mol. The summed E-state index contributed by atoms with van der Waals surface area (Å²) in [6.07, 6.45) is 4.54. The Morgan fingerprint density at radius 3 is 2.42 bits per heavy atom. The molecule has 0 bridgehead atoms. The van der Waals surface area contributed by atoms with Gasteiger partial charge in [0.25, 0.3) is 0 Å². The highest BCUT2D eigenvalue weighted by molar-refractivity contribution is 5.79. The number of aromatic nitrogens is 1. The van der Waals surface area contributed by atoms with E-state index in [0.29, 0.717) is 5.92 Å². The Labute approximate surface area is 186 Å². The molecule has 5 nitrogen and oxygen atoms in total. The zero-order chi connectivity index (χ0) is 22.4. The first kappa shape index (κ1) is 22.0. The molecule has 3 heterocycles. The number of hydrogen-bond donors (Lipinski definition) is 1. The van der Waals surface area contributed by atoms with E-state index in [4.69, 9.17) is 0 Å². The van der Waals surface area contributed by atoms with Crippen LogP contribution in [0.1, 0.15) is 56.7 Å². The first-order chi connectivity index (χ1) is 14.6. The standard InChI is InChI=1S/C26H35N3O2/c1-18(2)20-6-8-22(9-7-20)26(31,25(4)16-28(5)17-25)23-12-24(14-27-13-23)29-11-10-21(15-29)19(3)30/h6-9,12-14,18,21,31H,10-11,15-17H2,1-5H3/t21-,26-/m0/s1. The second-order valence-corrected chi connectivity index (χ2v) is 10.2. The average molecular weight is 422 g/mol. The average Bonchev–Trinajstić information content (AvgIpc) is 3.23. The minimum Gasteiger partial charge on any atom is -0.380 e. The van der Waals surface area contributed by atoms with Gasteiger partial charge in [0.1, 0.15) is 11.4 Å². The molecule has 0 unspecified atom stereocenters. The van der Waals surface area contributed by atoms with Crippen LogP contribution < -0.4 is 4.90 Å². The molecule has 2 fully saturated rings. The molecule has 0 saturated carbocycles. The topological polar surface area (TPSA) is 56.7 Å². The monoisotopic (exact) mass is 421 g/mol. The van der Waals surface area contributed by atoms with Gasteiger partial charge in [-0.25, -0.2) is 0 Å². The van der Waals surface area contributed by atoms with Gasteiger partial charge >= 0.3 is 0 Å². The van der Waals surface area contributed by atoms with Crippen molar-refractivity contribution in [3.63, 3.8) is 0 Å². The van der Waals surface area contributed by atoms with Crippen LogP contribution in [0.4, 0.5) is 5.69 Å². The minimum absolute atomic E-state index is 0.0870. The number of benzene rings is 1. The van der Waals surface area contributed by atoms with Gasteiger partial charge in [-0.2, -0.15) is 0 Å². The third kappa shape index (κ3) is 3.79. The van der Waals surface area contributed by atoms with Gasteiger partial charge in [0.2, 0.25) is 0 Å². The predicted molar refractivity (Wildman–Crippen MR) is 124 cm³/mol. The fourth-order valence-corrected chi connectivity index (χ4v) is 5.47. The smallest absolute Gasteiger partial charge is 0.134 e. The van der Waals surface area contributed by atoms with E-state index in [1.807, 2.05) is 12.4 Å². The SMILES string of the molecule is CC(=O)[C@H]1CCN(c2cncc([C@@](O)(c3ccc(C(C)C)cc3)C3(C)CN(C)C3)c2)C1. The zero-order valence-corrected chi connectivity index (χ0v) is 19.4. The summed E-state index contributed by atoms with van der Waals surface area (Å²) in [7, 11) is 2.09. The molecule has 1 aromatic carbocycles. The van der Waals surface area contributed by atoms with Crippen LogP contribution in [0.3, 0.4) is 0 Å². The molecule has 0 spiro atoms. The summed E-state index contributed by atoms with van der Waals surface area (Å²) in [6, 6.07) is 10.5. The van der Waals surface area contributed by atoms with E-state index in [2.05, 4.69) is 72.9 Å². The summed E-state index contributed by atoms with van der Waals surface area (Å²) in [5.41, 5.74) is 2.53. The normalized spacial score (nSPS) is 22.9. The fourth-order valence-electron chi connectivity index (χ4n) is 5.47. The van der Waals surface area contributed by atoms with Crippen LogP contribution in [-0.4, -0.2) is 54.0 Å².